The van der Waals surface area contributed by atoms with E-state index in [1.54, 1.807) is 30.3 Å². The van der Waals surface area contributed by atoms with Gasteiger partial charge in [0.25, 0.3) is 0 Å². The molecule has 1 aliphatic heterocycles. The summed E-state index contributed by atoms with van der Waals surface area (Å²) in [5.41, 5.74) is 2.81. The monoisotopic (exact) mass is 489 g/mol. The Morgan fingerprint density at radius 3 is 2.15 bits per heavy atom. The fourth-order valence-corrected chi connectivity index (χ4v) is 3.86. The van der Waals surface area contributed by atoms with Gasteiger partial charge in [-0.25, -0.2) is 0 Å². The second kappa shape index (κ2) is 10.0. The predicted octanol–water partition coefficient (Wildman–Crippen LogP) is 3.27. The van der Waals surface area contributed by atoms with Crippen molar-refractivity contribution in [1.29, 1.82) is 0 Å². The summed E-state index contributed by atoms with van der Waals surface area (Å²) in [5.74, 6) is -1.10. The molecule has 2 amide bonds. The SMILES string of the molecule is NC(=O)CN1CC(=O)NC(COCc2cc(C(F)(F)F)cc(C(F)(F)F)c2)C1c1ccccc1. The maximum Gasteiger partial charge on any atom is 0.416 e. The molecule has 184 valence electrons. The van der Waals surface area contributed by atoms with Crippen LogP contribution in [0.15, 0.2) is 48.5 Å². The van der Waals surface area contributed by atoms with Crippen molar-refractivity contribution in [3.63, 3.8) is 0 Å². The highest BCUT2D eigenvalue weighted by atomic mass is 19.4. The van der Waals surface area contributed by atoms with Crippen molar-refractivity contribution in [3.8, 4) is 0 Å². The van der Waals surface area contributed by atoms with Crippen LogP contribution in [-0.4, -0.2) is 42.5 Å². The Bertz CT molecular complexity index is 993. The molecule has 3 N–H and O–H groups in total. The van der Waals surface area contributed by atoms with E-state index in [2.05, 4.69) is 5.32 Å². The lowest BCUT2D eigenvalue weighted by Gasteiger charge is -2.41. The highest BCUT2D eigenvalue weighted by Gasteiger charge is 2.38. The van der Waals surface area contributed by atoms with Crippen molar-refractivity contribution in [3.05, 3.63) is 70.8 Å². The van der Waals surface area contributed by atoms with Gasteiger partial charge in [0.2, 0.25) is 11.8 Å². The summed E-state index contributed by atoms with van der Waals surface area (Å²) < 4.78 is 83.9. The lowest BCUT2D eigenvalue weighted by atomic mass is 9.95. The molecule has 0 spiro atoms. The molecule has 0 aromatic heterocycles. The van der Waals surface area contributed by atoms with Crippen molar-refractivity contribution in [2.24, 2.45) is 5.73 Å². The van der Waals surface area contributed by atoms with E-state index in [9.17, 15) is 35.9 Å². The fourth-order valence-electron chi connectivity index (χ4n) is 3.86. The molecule has 2 unspecified atom stereocenters. The van der Waals surface area contributed by atoms with Crippen molar-refractivity contribution < 1.29 is 40.7 Å². The second-order valence-corrected chi connectivity index (χ2v) is 7.83. The van der Waals surface area contributed by atoms with Gasteiger partial charge in [0.1, 0.15) is 0 Å². The van der Waals surface area contributed by atoms with Crippen LogP contribution in [0.5, 0.6) is 0 Å². The molecular weight excluding hydrogens is 468 g/mol. The van der Waals surface area contributed by atoms with Crippen LogP contribution in [0.3, 0.4) is 0 Å². The van der Waals surface area contributed by atoms with Gasteiger partial charge in [-0.1, -0.05) is 30.3 Å². The van der Waals surface area contributed by atoms with E-state index in [4.69, 9.17) is 10.5 Å². The molecule has 2 aromatic carbocycles. The van der Waals surface area contributed by atoms with Crippen LogP contribution in [-0.2, 0) is 33.3 Å². The second-order valence-electron chi connectivity index (χ2n) is 7.83. The molecule has 12 heteroatoms. The predicted molar refractivity (Wildman–Crippen MR) is 108 cm³/mol. The summed E-state index contributed by atoms with van der Waals surface area (Å²) in [4.78, 5) is 25.2. The Labute approximate surface area is 190 Å². The van der Waals surface area contributed by atoms with Crippen LogP contribution >= 0.6 is 0 Å². The Balaban J connectivity index is 1.81. The van der Waals surface area contributed by atoms with Crippen LogP contribution in [0, 0.1) is 0 Å². The third-order valence-electron chi connectivity index (χ3n) is 5.18. The van der Waals surface area contributed by atoms with Gasteiger partial charge in [-0.2, -0.15) is 26.3 Å². The highest BCUT2D eigenvalue weighted by molar-refractivity contribution is 5.81. The third-order valence-corrected chi connectivity index (χ3v) is 5.18. The number of carbonyl (C=O) groups excluding carboxylic acids is 2. The van der Waals surface area contributed by atoms with Gasteiger partial charge in [-0.15, -0.1) is 0 Å². The third kappa shape index (κ3) is 6.48. The number of amides is 2. The molecule has 34 heavy (non-hydrogen) atoms. The van der Waals surface area contributed by atoms with E-state index in [-0.39, 0.29) is 31.3 Å². The number of primary amides is 1. The number of nitrogens with zero attached hydrogens (tertiary/aromatic N) is 1. The number of hydrogen-bond donors (Lipinski definition) is 2. The normalized spacial score (nSPS) is 19.6. The largest absolute Gasteiger partial charge is 0.416 e. The molecule has 1 fully saturated rings. The topological polar surface area (TPSA) is 84.7 Å². The quantitative estimate of drug-likeness (QED) is 0.585. The molecule has 1 heterocycles. The number of carbonyl (C=O) groups is 2. The molecule has 2 aromatic rings. The first-order chi connectivity index (χ1) is 15.8. The molecule has 0 saturated carbocycles. The van der Waals surface area contributed by atoms with Crippen LogP contribution in [0.2, 0.25) is 0 Å². The van der Waals surface area contributed by atoms with E-state index in [0.29, 0.717) is 12.1 Å². The van der Waals surface area contributed by atoms with Crippen molar-refractivity contribution in [2.45, 2.75) is 31.0 Å². The Hall–Kier alpha value is -3.12. The van der Waals surface area contributed by atoms with E-state index in [1.165, 1.54) is 4.90 Å². The fraction of sp³-hybridized carbons (Fsp3) is 0.364. The number of nitrogens with one attached hydrogen (secondary N) is 1. The van der Waals surface area contributed by atoms with Gasteiger partial charge in [0.05, 0.1) is 49.5 Å². The minimum absolute atomic E-state index is 0.0397. The van der Waals surface area contributed by atoms with Gasteiger partial charge < -0.3 is 15.8 Å². The Morgan fingerprint density at radius 2 is 1.62 bits per heavy atom. The van der Waals surface area contributed by atoms with E-state index >= 15 is 0 Å². The summed E-state index contributed by atoms with van der Waals surface area (Å²) in [5, 5.41) is 2.71. The van der Waals surface area contributed by atoms with Crippen LogP contribution in [0.1, 0.15) is 28.3 Å². The first-order valence-electron chi connectivity index (χ1n) is 10.1. The van der Waals surface area contributed by atoms with Crippen LogP contribution in [0.25, 0.3) is 0 Å². The summed E-state index contributed by atoms with van der Waals surface area (Å²) >= 11 is 0. The number of piperazine rings is 1. The van der Waals surface area contributed by atoms with Gasteiger partial charge in [0, 0.05) is 0 Å². The number of ether oxygens (including phenoxy) is 1. The molecule has 0 radical (unpaired) electrons. The summed E-state index contributed by atoms with van der Waals surface area (Å²) in [7, 11) is 0. The zero-order valence-corrected chi connectivity index (χ0v) is 17.6. The Kier molecular flexibility index (Phi) is 7.51. The smallest absolute Gasteiger partial charge is 0.375 e. The maximum absolute atomic E-state index is 13.1. The average molecular weight is 489 g/mol. The highest BCUT2D eigenvalue weighted by Crippen LogP contribution is 2.36. The minimum Gasteiger partial charge on any atom is -0.375 e. The van der Waals surface area contributed by atoms with Gasteiger partial charge in [-0.05, 0) is 29.3 Å². The first-order valence-corrected chi connectivity index (χ1v) is 10.1. The van der Waals surface area contributed by atoms with Gasteiger partial charge in [0.15, 0.2) is 0 Å². The average Bonchev–Trinajstić information content (AvgIpc) is 2.72. The molecule has 6 nitrogen and oxygen atoms in total. The molecule has 0 aliphatic carbocycles. The van der Waals surface area contributed by atoms with E-state index in [0.717, 1.165) is 5.56 Å². The summed E-state index contributed by atoms with van der Waals surface area (Å²) in [6.07, 6.45) is -9.94. The number of hydrogen-bond acceptors (Lipinski definition) is 4. The number of nitrogens with two attached hydrogens (primary N) is 1. The van der Waals surface area contributed by atoms with E-state index < -0.39 is 54.0 Å². The zero-order chi connectivity index (χ0) is 25.1. The standard InChI is InChI=1S/C22H21F6N3O3/c23-21(24,25)15-6-13(7-16(8-15)22(26,27)28)11-34-12-17-20(14-4-2-1-3-5-14)31(9-18(29)32)10-19(33)30-17/h1-8,17,20H,9-12H2,(H2,29,32)(H,30,33). The van der Waals surface area contributed by atoms with Crippen molar-refractivity contribution in [1.82, 2.24) is 10.2 Å². The lowest BCUT2D eigenvalue weighted by molar-refractivity contribution is -0.143. The van der Waals surface area contributed by atoms with Crippen LogP contribution in [0.4, 0.5) is 26.3 Å². The van der Waals surface area contributed by atoms with E-state index in [1.807, 2.05) is 0 Å². The maximum atomic E-state index is 13.1. The van der Waals surface area contributed by atoms with Gasteiger partial charge >= 0.3 is 12.4 Å². The number of rotatable bonds is 7. The van der Waals surface area contributed by atoms with Crippen molar-refractivity contribution >= 4 is 11.8 Å². The summed E-state index contributed by atoms with van der Waals surface area (Å²) in [6.45, 7) is -1.15. The van der Waals surface area contributed by atoms with Gasteiger partial charge in [-0.3, -0.25) is 14.5 Å². The lowest BCUT2D eigenvalue weighted by Crippen LogP contribution is -2.58. The molecule has 0 bridgehead atoms. The molecule has 2 atom stereocenters. The van der Waals surface area contributed by atoms with Crippen LogP contribution < -0.4 is 11.1 Å². The zero-order valence-electron chi connectivity index (χ0n) is 17.6. The minimum atomic E-state index is -4.97. The number of halogens is 6. The molecular formula is C22H21F6N3O3. The van der Waals surface area contributed by atoms with Crippen molar-refractivity contribution in [2.75, 3.05) is 19.7 Å². The molecule has 1 saturated heterocycles. The first kappa shape index (κ1) is 25.5. The molecule has 3 rings (SSSR count). The number of alkyl halides is 6. The summed E-state index contributed by atoms with van der Waals surface area (Å²) in [6, 6.07) is 8.68. The Morgan fingerprint density at radius 1 is 1.03 bits per heavy atom. The number of benzene rings is 2. The molecule has 1 aliphatic rings.